The zero-order valence-electron chi connectivity index (χ0n) is 28.2. The fraction of sp³-hybridized carbons (Fsp3) is 1.00. The van der Waals surface area contributed by atoms with Crippen LogP contribution in [0.2, 0.25) is 18.1 Å². The third-order valence-electron chi connectivity index (χ3n) is 9.01. The number of rotatable bonds is 32. The standard InChI is InChI=1S/C34H66O8Si/c1-5-15-29(20-32-23-39-32)28-43(42-8-4,18-13-9-11-16-35-21-30(6-2)37-24-33-26-40-33)19-14-10-12-17-36-22-31(7-3)38-25-34-27-41-34/h29-34H,5-28H2,1-4H3. The fourth-order valence-electron chi connectivity index (χ4n) is 6.12. The van der Waals surface area contributed by atoms with Crippen LogP contribution in [0.5, 0.6) is 0 Å². The summed E-state index contributed by atoms with van der Waals surface area (Å²) >= 11 is 0. The van der Waals surface area contributed by atoms with E-state index >= 15 is 0 Å². The summed E-state index contributed by atoms with van der Waals surface area (Å²) in [6, 6.07) is 3.83. The molecule has 3 aliphatic rings. The highest BCUT2D eigenvalue weighted by Crippen LogP contribution is 2.36. The van der Waals surface area contributed by atoms with Crippen LogP contribution in [0.4, 0.5) is 0 Å². The largest absolute Gasteiger partial charge is 0.417 e. The van der Waals surface area contributed by atoms with Gasteiger partial charge in [0.2, 0.25) is 0 Å². The van der Waals surface area contributed by atoms with E-state index in [4.69, 9.17) is 37.6 Å². The minimum atomic E-state index is -1.85. The van der Waals surface area contributed by atoms with Crippen molar-refractivity contribution in [2.24, 2.45) is 5.92 Å². The quantitative estimate of drug-likeness (QED) is 0.0449. The van der Waals surface area contributed by atoms with Gasteiger partial charge in [0.1, 0.15) is 12.2 Å². The first-order chi connectivity index (χ1) is 21.1. The van der Waals surface area contributed by atoms with Crippen molar-refractivity contribution < 1.29 is 37.6 Å². The zero-order chi connectivity index (χ0) is 30.6. The Morgan fingerprint density at radius 3 is 1.60 bits per heavy atom. The Morgan fingerprint density at radius 1 is 0.674 bits per heavy atom. The van der Waals surface area contributed by atoms with Crippen molar-refractivity contribution in [3.8, 4) is 0 Å². The van der Waals surface area contributed by atoms with E-state index in [2.05, 4.69) is 27.7 Å². The Hall–Kier alpha value is -0.103. The van der Waals surface area contributed by atoms with Crippen LogP contribution in [0.1, 0.15) is 98.3 Å². The molecular weight excluding hydrogens is 564 g/mol. The summed E-state index contributed by atoms with van der Waals surface area (Å²) < 4.78 is 46.9. The molecule has 0 aromatic carbocycles. The second-order valence-electron chi connectivity index (χ2n) is 13.1. The molecule has 43 heavy (non-hydrogen) atoms. The van der Waals surface area contributed by atoms with Gasteiger partial charge in [-0.2, -0.15) is 0 Å². The highest BCUT2D eigenvalue weighted by Gasteiger charge is 2.38. The molecule has 3 aliphatic heterocycles. The minimum absolute atomic E-state index is 0.183. The van der Waals surface area contributed by atoms with Gasteiger partial charge in [-0.15, -0.1) is 0 Å². The molecule has 0 N–H and O–H groups in total. The van der Waals surface area contributed by atoms with Gasteiger partial charge in [0.15, 0.2) is 8.32 Å². The van der Waals surface area contributed by atoms with E-state index in [9.17, 15) is 0 Å². The Bertz CT molecular complexity index is 635. The molecule has 3 rings (SSSR count). The van der Waals surface area contributed by atoms with E-state index < -0.39 is 8.32 Å². The lowest BCUT2D eigenvalue weighted by molar-refractivity contribution is -0.0235. The molecule has 3 fully saturated rings. The third kappa shape index (κ3) is 18.0. The van der Waals surface area contributed by atoms with Gasteiger partial charge >= 0.3 is 0 Å². The lowest BCUT2D eigenvalue weighted by Gasteiger charge is -2.35. The minimum Gasteiger partial charge on any atom is -0.417 e. The molecule has 6 unspecified atom stereocenters. The van der Waals surface area contributed by atoms with Gasteiger partial charge in [-0.1, -0.05) is 59.3 Å². The van der Waals surface area contributed by atoms with Crippen molar-refractivity contribution in [2.45, 2.75) is 147 Å². The summed E-state index contributed by atoms with van der Waals surface area (Å²) in [5.41, 5.74) is 0. The normalized spacial score (nSPS) is 24.4. The van der Waals surface area contributed by atoms with Crippen LogP contribution in [0.3, 0.4) is 0 Å². The van der Waals surface area contributed by atoms with E-state index in [-0.39, 0.29) is 12.2 Å². The lowest BCUT2D eigenvalue weighted by atomic mass is 10.0. The monoisotopic (exact) mass is 630 g/mol. The summed E-state index contributed by atoms with van der Waals surface area (Å²) in [6.45, 7) is 16.8. The third-order valence-corrected chi connectivity index (χ3v) is 13.8. The summed E-state index contributed by atoms with van der Waals surface area (Å²) in [5.74, 6) is 0.737. The van der Waals surface area contributed by atoms with Crippen molar-refractivity contribution >= 4 is 8.32 Å². The van der Waals surface area contributed by atoms with Crippen molar-refractivity contribution in [3.63, 3.8) is 0 Å². The number of hydrogen-bond acceptors (Lipinski definition) is 8. The maximum absolute atomic E-state index is 6.84. The zero-order valence-corrected chi connectivity index (χ0v) is 29.2. The second kappa shape index (κ2) is 22.4. The van der Waals surface area contributed by atoms with Crippen molar-refractivity contribution in [1.29, 1.82) is 0 Å². The van der Waals surface area contributed by atoms with Gasteiger partial charge in [-0.25, -0.2) is 0 Å². The molecule has 0 amide bonds. The maximum atomic E-state index is 6.84. The van der Waals surface area contributed by atoms with Gasteiger partial charge < -0.3 is 37.6 Å². The number of epoxide rings is 3. The van der Waals surface area contributed by atoms with Gasteiger partial charge in [0, 0.05) is 19.8 Å². The smallest absolute Gasteiger partial charge is 0.193 e. The molecule has 3 saturated heterocycles. The van der Waals surface area contributed by atoms with Gasteiger partial charge in [0.05, 0.1) is 64.6 Å². The molecule has 3 heterocycles. The van der Waals surface area contributed by atoms with Gasteiger partial charge in [-0.3, -0.25) is 0 Å². The number of unbranched alkanes of at least 4 members (excludes halogenated alkanes) is 4. The summed E-state index contributed by atoms with van der Waals surface area (Å²) in [5, 5.41) is 0. The molecule has 254 valence electrons. The van der Waals surface area contributed by atoms with Crippen LogP contribution in [0.25, 0.3) is 0 Å². The van der Waals surface area contributed by atoms with Crippen LogP contribution in [-0.4, -0.2) is 105 Å². The topological polar surface area (TPSA) is 83.7 Å². The van der Waals surface area contributed by atoms with Gasteiger partial charge in [0.25, 0.3) is 0 Å². The van der Waals surface area contributed by atoms with E-state index in [0.717, 1.165) is 71.2 Å². The molecule has 0 spiro atoms. The summed E-state index contributed by atoms with van der Waals surface area (Å²) in [4.78, 5) is 0. The van der Waals surface area contributed by atoms with Crippen molar-refractivity contribution in [3.05, 3.63) is 0 Å². The molecule has 0 aromatic rings. The van der Waals surface area contributed by atoms with Crippen LogP contribution in [0, 0.1) is 5.92 Å². The molecule has 8 nitrogen and oxygen atoms in total. The van der Waals surface area contributed by atoms with Gasteiger partial charge in [-0.05, 0) is 63.1 Å². The molecule has 0 saturated carbocycles. The van der Waals surface area contributed by atoms with Crippen molar-refractivity contribution in [1.82, 2.24) is 0 Å². The first-order valence-electron chi connectivity index (χ1n) is 18.0. The number of hydrogen-bond donors (Lipinski definition) is 0. The Kier molecular flexibility index (Phi) is 19.5. The average molecular weight is 631 g/mol. The second-order valence-corrected chi connectivity index (χ2v) is 17.1. The predicted octanol–water partition coefficient (Wildman–Crippen LogP) is 6.94. The fourth-order valence-corrected chi connectivity index (χ4v) is 11.0. The Labute approximate surface area is 264 Å². The van der Waals surface area contributed by atoms with E-state index in [1.807, 2.05) is 0 Å². The molecule has 0 bridgehead atoms. The molecular formula is C34H66O8Si. The van der Waals surface area contributed by atoms with Crippen LogP contribution in [-0.2, 0) is 37.6 Å². The number of ether oxygens (including phenoxy) is 7. The maximum Gasteiger partial charge on any atom is 0.193 e. The lowest BCUT2D eigenvalue weighted by Crippen LogP contribution is -2.40. The van der Waals surface area contributed by atoms with E-state index in [1.165, 1.54) is 63.1 Å². The van der Waals surface area contributed by atoms with Crippen LogP contribution < -0.4 is 0 Å². The first-order valence-corrected chi connectivity index (χ1v) is 20.5. The summed E-state index contributed by atoms with van der Waals surface area (Å²) in [7, 11) is -1.85. The van der Waals surface area contributed by atoms with E-state index in [0.29, 0.717) is 44.7 Å². The van der Waals surface area contributed by atoms with E-state index in [1.54, 1.807) is 0 Å². The van der Waals surface area contributed by atoms with Crippen LogP contribution in [0.15, 0.2) is 0 Å². The molecule has 6 atom stereocenters. The molecule has 0 aliphatic carbocycles. The summed E-state index contributed by atoms with van der Waals surface area (Å²) in [6.07, 6.45) is 14.4. The molecule has 0 aromatic heterocycles. The SMILES string of the molecule is CCCC(CC1CO1)C[Si](CCCCCOCC(CC)OCC1CO1)(CCCCCOCC(CC)OCC1CO1)OCC. The Morgan fingerprint density at radius 2 is 1.19 bits per heavy atom. The first kappa shape index (κ1) is 37.4. The average Bonchev–Trinajstić information content (AvgIpc) is 3.85. The van der Waals surface area contributed by atoms with Crippen molar-refractivity contribution in [2.75, 3.05) is 66.1 Å². The highest BCUT2D eigenvalue weighted by molar-refractivity contribution is 6.73. The highest BCUT2D eigenvalue weighted by atomic mass is 28.4. The Balaban J connectivity index is 1.36. The molecule has 9 heteroatoms. The molecule has 0 radical (unpaired) electrons. The predicted molar refractivity (Wildman–Crippen MR) is 173 cm³/mol. The van der Waals surface area contributed by atoms with Crippen LogP contribution >= 0.6 is 0 Å².